The molecule has 2 heterocycles. The molecule has 0 aliphatic heterocycles. The Balaban J connectivity index is 1.89. The fourth-order valence-electron chi connectivity index (χ4n) is 2.04. The van der Waals surface area contributed by atoms with Crippen LogP contribution in [-0.4, -0.2) is 14.6 Å². The van der Waals surface area contributed by atoms with E-state index >= 15 is 0 Å². The lowest BCUT2D eigenvalue weighted by atomic mass is 10.0. The Hall–Kier alpha value is -2.20. The quantitative estimate of drug-likeness (QED) is 0.759. The molecule has 0 saturated carbocycles. The van der Waals surface area contributed by atoms with E-state index in [2.05, 4.69) is 10.2 Å². The van der Waals surface area contributed by atoms with Crippen molar-refractivity contribution >= 4 is 5.65 Å². The Labute approximate surface area is 105 Å². The van der Waals surface area contributed by atoms with E-state index in [1.807, 2.05) is 59.1 Å². The minimum Gasteiger partial charge on any atom is -0.324 e. The van der Waals surface area contributed by atoms with Crippen LogP contribution in [0.15, 0.2) is 54.7 Å². The monoisotopic (exact) mass is 238 g/mol. The van der Waals surface area contributed by atoms with Crippen molar-refractivity contribution in [3.8, 4) is 0 Å². The van der Waals surface area contributed by atoms with Gasteiger partial charge in [0.05, 0.1) is 0 Å². The van der Waals surface area contributed by atoms with Crippen molar-refractivity contribution < 1.29 is 0 Å². The molecule has 0 saturated heterocycles. The molecule has 4 nitrogen and oxygen atoms in total. The highest BCUT2D eigenvalue weighted by atomic mass is 15.2. The largest absolute Gasteiger partial charge is 0.324 e. The van der Waals surface area contributed by atoms with Gasteiger partial charge in [0, 0.05) is 18.7 Å². The summed E-state index contributed by atoms with van der Waals surface area (Å²) in [6.45, 7) is 0. The minimum absolute atomic E-state index is 0.0567. The molecular weight excluding hydrogens is 224 g/mol. The number of aromatic nitrogens is 3. The zero-order valence-corrected chi connectivity index (χ0v) is 9.90. The Bertz CT molecular complexity index is 645. The predicted octanol–water partition coefficient (Wildman–Crippen LogP) is 1.97. The van der Waals surface area contributed by atoms with Crippen molar-refractivity contribution in [3.05, 3.63) is 66.1 Å². The Morgan fingerprint density at radius 2 is 1.78 bits per heavy atom. The van der Waals surface area contributed by atoms with Crippen LogP contribution in [-0.2, 0) is 6.42 Å². The number of fused-ring (bicyclic) bond motifs is 1. The van der Waals surface area contributed by atoms with Gasteiger partial charge in [-0.2, -0.15) is 0 Å². The van der Waals surface area contributed by atoms with Gasteiger partial charge in [-0.25, -0.2) is 0 Å². The summed E-state index contributed by atoms with van der Waals surface area (Å²) in [5, 5.41) is 8.32. The van der Waals surface area contributed by atoms with E-state index in [4.69, 9.17) is 5.73 Å². The number of nitrogens with two attached hydrogens (primary N) is 1. The highest BCUT2D eigenvalue weighted by Gasteiger charge is 2.11. The number of hydrogen-bond donors (Lipinski definition) is 1. The molecule has 2 N–H and O–H groups in total. The molecule has 0 spiro atoms. The van der Waals surface area contributed by atoms with Gasteiger partial charge in [-0.15, -0.1) is 10.2 Å². The zero-order valence-electron chi connectivity index (χ0n) is 9.90. The van der Waals surface area contributed by atoms with E-state index in [0.29, 0.717) is 6.42 Å². The summed E-state index contributed by atoms with van der Waals surface area (Å²) in [4.78, 5) is 0. The second-order valence-electron chi connectivity index (χ2n) is 4.27. The zero-order chi connectivity index (χ0) is 12.4. The van der Waals surface area contributed by atoms with Crippen molar-refractivity contribution in [3.63, 3.8) is 0 Å². The second-order valence-corrected chi connectivity index (χ2v) is 4.27. The van der Waals surface area contributed by atoms with Gasteiger partial charge in [0.15, 0.2) is 5.65 Å². The molecule has 0 radical (unpaired) electrons. The summed E-state index contributed by atoms with van der Waals surface area (Å²) in [6.07, 6.45) is 2.64. The van der Waals surface area contributed by atoms with Gasteiger partial charge in [0.2, 0.25) is 0 Å². The first kappa shape index (κ1) is 10.9. The van der Waals surface area contributed by atoms with Crippen molar-refractivity contribution in [2.24, 2.45) is 5.73 Å². The third-order valence-corrected chi connectivity index (χ3v) is 3.01. The van der Waals surface area contributed by atoms with E-state index in [9.17, 15) is 0 Å². The van der Waals surface area contributed by atoms with Crippen LogP contribution in [0.5, 0.6) is 0 Å². The number of nitrogens with zero attached hydrogens (tertiary/aromatic N) is 3. The van der Waals surface area contributed by atoms with Crippen molar-refractivity contribution in [1.82, 2.24) is 14.6 Å². The van der Waals surface area contributed by atoms with Gasteiger partial charge in [0.25, 0.3) is 0 Å². The highest BCUT2D eigenvalue weighted by Crippen LogP contribution is 2.15. The first-order valence-electron chi connectivity index (χ1n) is 5.94. The minimum atomic E-state index is -0.0567. The Kier molecular flexibility index (Phi) is 2.78. The summed E-state index contributed by atoms with van der Waals surface area (Å²) in [7, 11) is 0. The molecule has 4 heteroatoms. The topological polar surface area (TPSA) is 56.2 Å². The molecule has 1 atom stereocenters. The van der Waals surface area contributed by atoms with Crippen LogP contribution in [0.3, 0.4) is 0 Å². The summed E-state index contributed by atoms with van der Waals surface area (Å²) < 4.78 is 1.98. The molecule has 1 aromatic carbocycles. The van der Waals surface area contributed by atoms with Crippen molar-refractivity contribution in [1.29, 1.82) is 0 Å². The maximum Gasteiger partial charge on any atom is 0.160 e. The lowest BCUT2D eigenvalue weighted by Gasteiger charge is -2.10. The van der Waals surface area contributed by atoms with Crippen molar-refractivity contribution in [2.75, 3.05) is 0 Å². The normalized spacial score (nSPS) is 12.7. The van der Waals surface area contributed by atoms with Crippen molar-refractivity contribution in [2.45, 2.75) is 12.5 Å². The van der Waals surface area contributed by atoms with Gasteiger partial charge >= 0.3 is 0 Å². The fourth-order valence-corrected chi connectivity index (χ4v) is 2.04. The highest BCUT2D eigenvalue weighted by molar-refractivity contribution is 5.37. The molecule has 3 aromatic rings. The molecule has 90 valence electrons. The standard InChI is InChI=1S/C14H14N4/c15-12(11-6-2-1-3-7-11)10-14-17-16-13-8-4-5-9-18(13)14/h1-9,12H,10,15H2. The van der Waals surface area contributed by atoms with E-state index in [-0.39, 0.29) is 6.04 Å². The molecule has 0 bridgehead atoms. The number of rotatable bonds is 3. The first-order chi connectivity index (χ1) is 8.84. The third kappa shape index (κ3) is 1.98. The van der Waals surface area contributed by atoms with Crippen LogP contribution >= 0.6 is 0 Å². The summed E-state index contributed by atoms with van der Waals surface area (Å²) in [5.74, 6) is 0.891. The summed E-state index contributed by atoms with van der Waals surface area (Å²) >= 11 is 0. The smallest absolute Gasteiger partial charge is 0.160 e. The average molecular weight is 238 g/mol. The lowest BCUT2D eigenvalue weighted by Crippen LogP contribution is -2.14. The van der Waals surface area contributed by atoms with Crippen LogP contribution in [0.1, 0.15) is 17.4 Å². The van der Waals surface area contributed by atoms with E-state index in [1.54, 1.807) is 0 Å². The third-order valence-electron chi connectivity index (χ3n) is 3.01. The number of benzene rings is 1. The fraction of sp³-hybridized carbons (Fsp3) is 0.143. The molecule has 0 aliphatic rings. The molecule has 0 aliphatic carbocycles. The van der Waals surface area contributed by atoms with Gasteiger partial charge in [-0.1, -0.05) is 36.4 Å². The molecule has 18 heavy (non-hydrogen) atoms. The maximum absolute atomic E-state index is 6.20. The molecule has 3 rings (SSSR count). The van der Waals surface area contributed by atoms with E-state index in [1.165, 1.54) is 0 Å². The van der Waals surface area contributed by atoms with Crippen LogP contribution < -0.4 is 5.73 Å². The molecule has 1 unspecified atom stereocenters. The summed E-state index contributed by atoms with van der Waals surface area (Å²) in [5.41, 5.74) is 8.17. The SMILES string of the molecule is NC(Cc1nnc2ccccn12)c1ccccc1. The average Bonchev–Trinajstić information content (AvgIpc) is 2.83. The lowest BCUT2D eigenvalue weighted by molar-refractivity contribution is 0.681. The molecular formula is C14H14N4. The van der Waals surface area contributed by atoms with Crippen LogP contribution in [0, 0.1) is 0 Å². The Morgan fingerprint density at radius 1 is 1.00 bits per heavy atom. The summed E-state index contributed by atoms with van der Waals surface area (Å²) in [6, 6.07) is 15.8. The predicted molar refractivity (Wildman–Crippen MR) is 70.1 cm³/mol. The van der Waals surface area contributed by atoms with Crippen LogP contribution in [0.2, 0.25) is 0 Å². The van der Waals surface area contributed by atoms with Gasteiger partial charge in [-0.3, -0.25) is 4.40 Å². The van der Waals surface area contributed by atoms with Gasteiger partial charge < -0.3 is 5.73 Å². The number of hydrogen-bond acceptors (Lipinski definition) is 3. The Morgan fingerprint density at radius 3 is 2.61 bits per heavy atom. The van der Waals surface area contributed by atoms with Crippen LogP contribution in [0.4, 0.5) is 0 Å². The molecule has 0 fully saturated rings. The van der Waals surface area contributed by atoms with Crippen LogP contribution in [0.25, 0.3) is 5.65 Å². The second kappa shape index (κ2) is 4.58. The molecule has 2 aromatic heterocycles. The van der Waals surface area contributed by atoms with Gasteiger partial charge in [0.1, 0.15) is 5.82 Å². The van der Waals surface area contributed by atoms with Gasteiger partial charge in [-0.05, 0) is 17.7 Å². The number of pyridine rings is 1. The molecule has 0 amide bonds. The first-order valence-corrected chi connectivity index (χ1v) is 5.94. The van der Waals surface area contributed by atoms with E-state index in [0.717, 1.165) is 17.0 Å². The van der Waals surface area contributed by atoms with E-state index < -0.39 is 0 Å². The maximum atomic E-state index is 6.20.